The molecule has 1 saturated carbocycles. The van der Waals surface area contributed by atoms with E-state index in [2.05, 4.69) is 23.8 Å². The summed E-state index contributed by atoms with van der Waals surface area (Å²) in [6.07, 6.45) is 21.1. The fourth-order valence-corrected chi connectivity index (χ4v) is 5.00. The van der Waals surface area contributed by atoms with Crippen molar-refractivity contribution in [1.82, 2.24) is 9.97 Å². The normalized spacial score (nSPS) is 17.9. The highest BCUT2D eigenvalue weighted by Gasteiger charge is 2.25. The third-order valence-corrected chi connectivity index (χ3v) is 7.25. The summed E-state index contributed by atoms with van der Waals surface area (Å²) in [5.41, 5.74) is 1.65. The maximum Gasteiger partial charge on any atom is 0.341 e. The Labute approximate surface area is 211 Å². The second-order valence-electron chi connectivity index (χ2n) is 10.2. The van der Waals surface area contributed by atoms with Crippen molar-refractivity contribution in [2.45, 2.75) is 116 Å². The lowest BCUT2D eigenvalue weighted by Gasteiger charge is -2.28. The van der Waals surface area contributed by atoms with Crippen LogP contribution in [0.1, 0.15) is 120 Å². The van der Waals surface area contributed by atoms with Crippen LogP contribution in [0.2, 0.25) is 0 Å². The maximum absolute atomic E-state index is 14.8. The van der Waals surface area contributed by atoms with Gasteiger partial charge in [0, 0.05) is 18.0 Å². The van der Waals surface area contributed by atoms with Crippen LogP contribution in [0.15, 0.2) is 30.6 Å². The van der Waals surface area contributed by atoms with E-state index in [-0.39, 0.29) is 11.7 Å². The van der Waals surface area contributed by atoms with Crippen LogP contribution in [0.25, 0.3) is 11.4 Å². The number of hydrogen-bond donors (Lipinski definition) is 0. The highest BCUT2D eigenvalue weighted by molar-refractivity contribution is 5.90. The van der Waals surface area contributed by atoms with Gasteiger partial charge in [0.05, 0.1) is 5.56 Å². The molecule has 1 aromatic carbocycles. The molecule has 0 unspecified atom stereocenters. The largest absolute Gasteiger partial charge is 0.459 e. The van der Waals surface area contributed by atoms with Gasteiger partial charge in [-0.1, -0.05) is 77.7 Å². The molecule has 1 heterocycles. The molecule has 0 spiro atoms. The van der Waals surface area contributed by atoms with Gasteiger partial charge in [0.2, 0.25) is 0 Å². The molecule has 2 aromatic rings. The molecule has 3 rings (SSSR count). The Kier molecular flexibility index (Phi) is 11.7. The lowest BCUT2D eigenvalue weighted by molar-refractivity contribution is 0.0156. The number of nitrogens with zero attached hydrogens (tertiary/aromatic N) is 2. The highest BCUT2D eigenvalue weighted by Crippen LogP contribution is 2.31. The van der Waals surface area contributed by atoms with Crippen LogP contribution in [-0.2, 0) is 11.2 Å². The predicted octanol–water partition coefficient (Wildman–Crippen LogP) is 8.48. The van der Waals surface area contributed by atoms with E-state index in [0.717, 1.165) is 50.0 Å². The number of unbranched alkanes of at least 4 members (excludes halogenated alkanes) is 7. The number of carbonyl (C=O) groups is 1. The van der Waals surface area contributed by atoms with Crippen molar-refractivity contribution in [2.24, 2.45) is 5.92 Å². The Balaban J connectivity index is 1.47. The minimum atomic E-state index is -0.583. The van der Waals surface area contributed by atoms with Gasteiger partial charge in [0.25, 0.3) is 0 Å². The first-order chi connectivity index (χ1) is 17.1. The van der Waals surface area contributed by atoms with Crippen LogP contribution in [0.3, 0.4) is 0 Å². The first-order valence-electron chi connectivity index (χ1n) is 13.9. The number of ether oxygens (including phenoxy) is 1. The van der Waals surface area contributed by atoms with E-state index in [0.29, 0.717) is 11.4 Å². The van der Waals surface area contributed by atoms with Crippen LogP contribution in [0.5, 0.6) is 0 Å². The summed E-state index contributed by atoms with van der Waals surface area (Å²) in [6.45, 7) is 4.45. The molecular weight excluding hydrogens is 439 g/mol. The van der Waals surface area contributed by atoms with E-state index in [4.69, 9.17) is 4.74 Å². The second kappa shape index (κ2) is 15.0. The number of esters is 1. The second-order valence-corrected chi connectivity index (χ2v) is 10.2. The van der Waals surface area contributed by atoms with E-state index >= 15 is 0 Å². The Hall–Kier alpha value is -2.30. The summed E-state index contributed by atoms with van der Waals surface area (Å²) in [7, 11) is 0. The fraction of sp³-hybridized carbons (Fsp3) is 0.633. The topological polar surface area (TPSA) is 52.1 Å². The SMILES string of the molecule is CCCCCCCCc1cnc(-c2ccc(C(=O)OC3CCC(CCCCC)CC3)c(F)c2)nc1. The van der Waals surface area contributed by atoms with Crippen LogP contribution in [0.4, 0.5) is 4.39 Å². The van der Waals surface area contributed by atoms with E-state index < -0.39 is 11.8 Å². The molecule has 0 bridgehead atoms. The van der Waals surface area contributed by atoms with Crippen molar-refractivity contribution >= 4 is 5.97 Å². The zero-order chi connectivity index (χ0) is 24.9. The van der Waals surface area contributed by atoms with E-state index in [1.165, 1.54) is 69.9 Å². The molecule has 5 heteroatoms. The van der Waals surface area contributed by atoms with Crippen molar-refractivity contribution < 1.29 is 13.9 Å². The molecule has 1 fully saturated rings. The Morgan fingerprint density at radius 1 is 0.914 bits per heavy atom. The fourth-order valence-electron chi connectivity index (χ4n) is 5.00. The maximum atomic E-state index is 14.8. The van der Waals surface area contributed by atoms with Gasteiger partial charge in [-0.2, -0.15) is 0 Å². The predicted molar refractivity (Wildman–Crippen MR) is 140 cm³/mol. The van der Waals surface area contributed by atoms with Crippen molar-refractivity contribution in [3.63, 3.8) is 0 Å². The van der Waals surface area contributed by atoms with Gasteiger partial charge >= 0.3 is 5.97 Å². The Bertz CT molecular complexity index is 892. The molecule has 1 aliphatic rings. The summed E-state index contributed by atoms with van der Waals surface area (Å²) in [5.74, 6) is 0.0563. The Morgan fingerprint density at radius 2 is 1.57 bits per heavy atom. The highest BCUT2D eigenvalue weighted by atomic mass is 19.1. The molecule has 0 amide bonds. The molecule has 0 saturated heterocycles. The van der Waals surface area contributed by atoms with Gasteiger partial charge in [0.1, 0.15) is 11.9 Å². The molecule has 0 atom stereocenters. The van der Waals surface area contributed by atoms with Gasteiger partial charge < -0.3 is 4.74 Å². The molecule has 1 aromatic heterocycles. The number of benzene rings is 1. The minimum Gasteiger partial charge on any atom is -0.459 e. The molecule has 0 radical (unpaired) electrons. The number of aryl methyl sites for hydroxylation is 1. The number of rotatable bonds is 14. The summed E-state index contributed by atoms with van der Waals surface area (Å²) >= 11 is 0. The standard InChI is InChI=1S/C30H43FN2O2/c1-3-5-7-8-9-11-13-24-21-32-29(33-22-24)25-16-19-27(28(31)20-25)30(34)35-26-17-14-23(15-18-26)12-10-6-4-2/h16,19-23,26H,3-15,17-18H2,1-2H3. The lowest BCUT2D eigenvalue weighted by atomic mass is 9.84. The molecule has 0 aliphatic heterocycles. The van der Waals surface area contributed by atoms with Crippen LogP contribution in [0, 0.1) is 11.7 Å². The average molecular weight is 483 g/mol. The molecule has 1 aliphatic carbocycles. The third-order valence-electron chi connectivity index (χ3n) is 7.25. The molecule has 192 valence electrons. The monoisotopic (exact) mass is 482 g/mol. The van der Waals surface area contributed by atoms with E-state index in [1.54, 1.807) is 6.07 Å². The zero-order valence-electron chi connectivity index (χ0n) is 21.7. The van der Waals surface area contributed by atoms with Crippen molar-refractivity contribution in [2.75, 3.05) is 0 Å². The quantitative estimate of drug-likeness (QED) is 0.200. The lowest BCUT2D eigenvalue weighted by Crippen LogP contribution is -2.25. The molecule has 0 N–H and O–H groups in total. The van der Waals surface area contributed by atoms with Crippen molar-refractivity contribution in [1.29, 1.82) is 0 Å². The Morgan fingerprint density at radius 3 is 2.26 bits per heavy atom. The minimum absolute atomic E-state index is 0.0153. The third kappa shape index (κ3) is 9.01. The molecule has 4 nitrogen and oxygen atoms in total. The van der Waals surface area contributed by atoms with Gasteiger partial charge in [-0.3, -0.25) is 0 Å². The molecular formula is C30H43FN2O2. The van der Waals surface area contributed by atoms with Crippen LogP contribution < -0.4 is 0 Å². The first-order valence-corrected chi connectivity index (χ1v) is 13.9. The summed E-state index contributed by atoms with van der Waals surface area (Å²) in [6, 6.07) is 4.54. The van der Waals surface area contributed by atoms with Gasteiger partial charge in [-0.05, 0) is 62.1 Å². The summed E-state index contributed by atoms with van der Waals surface area (Å²) in [4.78, 5) is 21.5. The van der Waals surface area contributed by atoms with Gasteiger partial charge in [-0.15, -0.1) is 0 Å². The first kappa shape index (κ1) is 27.3. The average Bonchev–Trinajstić information content (AvgIpc) is 2.87. The van der Waals surface area contributed by atoms with Crippen molar-refractivity contribution in [3.8, 4) is 11.4 Å². The number of aromatic nitrogens is 2. The molecule has 35 heavy (non-hydrogen) atoms. The number of carbonyl (C=O) groups excluding carboxylic acids is 1. The van der Waals surface area contributed by atoms with Crippen LogP contribution >= 0.6 is 0 Å². The van der Waals surface area contributed by atoms with E-state index in [9.17, 15) is 9.18 Å². The van der Waals surface area contributed by atoms with Gasteiger partial charge in [0.15, 0.2) is 5.82 Å². The summed E-state index contributed by atoms with van der Waals surface area (Å²) < 4.78 is 20.4. The summed E-state index contributed by atoms with van der Waals surface area (Å²) in [5, 5.41) is 0. The van der Waals surface area contributed by atoms with E-state index in [1.807, 2.05) is 12.4 Å². The van der Waals surface area contributed by atoms with Crippen LogP contribution in [-0.4, -0.2) is 22.0 Å². The number of halogens is 1. The van der Waals surface area contributed by atoms with Crippen molar-refractivity contribution in [3.05, 3.63) is 47.5 Å². The number of hydrogen-bond acceptors (Lipinski definition) is 4. The van der Waals surface area contributed by atoms with Gasteiger partial charge in [-0.25, -0.2) is 19.2 Å². The smallest absolute Gasteiger partial charge is 0.341 e. The zero-order valence-corrected chi connectivity index (χ0v) is 21.7.